The van der Waals surface area contributed by atoms with E-state index in [1.165, 1.54) is 5.56 Å². The zero-order valence-corrected chi connectivity index (χ0v) is 11.4. The van der Waals surface area contributed by atoms with Gasteiger partial charge in [-0.3, -0.25) is 0 Å². The van der Waals surface area contributed by atoms with Crippen molar-refractivity contribution in [2.24, 2.45) is 0 Å². The van der Waals surface area contributed by atoms with Crippen molar-refractivity contribution in [1.82, 2.24) is 10.2 Å². The molecular formula is C11H15BrN2S. The zero-order valence-electron chi connectivity index (χ0n) is 8.96. The fraction of sp³-hybridized carbons (Fsp3) is 0.364. The number of hydrogen-bond donors (Lipinski definition) is 1. The van der Waals surface area contributed by atoms with Crippen molar-refractivity contribution in [3.63, 3.8) is 0 Å². The topological polar surface area (TPSA) is 15.3 Å². The lowest BCUT2D eigenvalue weighted by atomic mass is 10.2. The molecule has 0 radical (unpaired) electrons. The minimum Gasteiger partial charge on any atom is -0.363 e. The molecule has 1 aromatic carbocycles. The molecule has 0 spiro atoms. The van der Waals surface area contributed by atoms with Crippen molar-refractivity contribution >= 4 is 33.3 Å². The van der Waals surface area contributed by atoms with Gasteiger partial charge < -0.3 is 10.2 Å². The van der Waals surface area contributed by atoms with Gasteiger partial charge in [0.2, 0.25) is 0 Å². The highest BCUT2D eigenvalue weighted by atomic mass is 79.9. The molecule has 0 unspecified atom stereocenters. The SMILES string of the molecule is CCNC(=S)N(C)Cc1ccccc1Br. The molecule has 0 aliphatic heterocycles. The summed E-state index contributed by atoms with van der Waals surface area (Å²) in [5.74, 6) is 0. The van der Waals surface area contributed by atoms with Crippen LogP contribution in [0.3, 0.4) is 0 Å². The summed E-state index contributed by atoms with van der Waals surface area (Å²) in [6.07, 6.45) is 0. The van der Waals surface area contributed by atoms with Gasteiger partial charge in [0.1, 0.15) is 0 Å². The van der Waals surface area contributed by atoms with Crippen molar-refractivity contribution in [2.45, 2.75) is 13.5 Å². The molecule has 1 N–H and O–H groups in total. The van der Waals surface area contributed by atoms with E-state index in [9.17, 15) is 0 Å². The van der Waals surface area contributed by atoms with Crippen LogP contribution in [0.1, 0.15) is 12.5 Å². The first kappa shape index (κ1) is 12.5. The molecule has 0 saturated carbocycles. The van der Waals surface area contributed by atoms with Gasteiger partial charge >= 0.3 is 0 Å². The predicted molar refractivity (Wildman–Crippen MR) is 71.9 cm³/mol. The zero-order chi connectivity index (χ0) is 11.3. The molecule has 0 amide bonds. The largest absolute Gasteiger partial charge is 0.363 e. The van der Waals surface area contributed by atoms with Gasteiger partial charge in [0.05, 0.1) is 0 Å². The number of halogens is 1. The fourth-order valence-electron chi connectivity index (χ4n) is 1.24. The monoisotopic (exact) mass is 286 g/mol. The van der Waals surface area contributed by atoms with Crippen molar-refractivity contribution in [2.75, 3.05) is 13.6 Å². The Balaban J connectivity index is 2.62. The Morgan fingerprint density at radius 3 is 2.73 bits per heavy atom. The molecule has 0 aliphatic rings. The Morgan fingerprint density at radius 1 is 1.47 bits per heavy atom. The standard InChI is InChI=1S/C11H15BrN2S/c1-3-13-11(15)14(2)8-9-6-4-5-7-10(9)12/h4-7H,3,8H2,1-2H3,(H,13,15). The van der Waals surface area contributed by atoms with E-state index in [1.807, 2.05) is 37.1 Å². The summed E-state index contributed by atoms with van der Waals surface area (Å²) >= 11 is 8.74. The third-order valence-electron chi connectivity index (χ3n) is 2.04. The first-order valence-electron chi connectivity index (χ1n) is 4.87. The van der Waals surface area contributed by atoms with Crippen LogP contribution in [0.4, 0.5) is 0 Å². The maximum Gasteiger partial charge on any atom is 0.168 e. The van der Waals surface area contributed by atoms with Gasteiger partial charge in [0.15, 0.2) is 5.11 Å². The first-order chi connectivity index (χ1) is 7.15. The highest BCUT2D eigenvalue weighted by Gasteiger charge is 2.05. The van der Waals surface area contributed by atoms with Crippen LogP contribution >= 0.6 is 28.1 Å². The van der Waals surface area contributed by atoms with Gasteiger partial charge in [0.25, 0.3) is 0 Å². The lowest BCUT2D eigenvalue weighted by Crippen LogP contribution is -2.36. The molecule has 1 rings (SSSR count). The molecule has 0 aliphatic carbocycles. The molecule has 2 nitrogen and oxygen atoms in total. The first-order valence-corrected chi connectivity index (χ1v) is 6.07. The van der Waals surface area contributed by atoms with E-state index in [-0.39, 0.29) is 0 Å². The molecule has 1 aromatic rings. The van der Waals surface area contributed by atoms with Gasteiger partial charge in [-0.25, -0.2) is 0 Å². The number of nitrogens with one attached hydrogen (secondary N) is 1. The Hall–Kier alpha value is -0.610. The maximum absolute atomic E-state index is 5.22. The Labute approximate surface area is 105 Å². The summed E-state index contributed by atoms with van der Waals surface area (Å²) in [6, 6.07) is 8.18. The summed E-state index contributed by atoms with van der Waals surface area (Å²) in [6.45, 7) is 3.71. The Morgan fingerprint density at radius 2 is 2.13 bits per heavy atom. The highest BCUT2D eigenvalue weighted by molar-refractivity contribution is 9.10. The van der Waals surface area contributed by atoms with E-state index in [0.717, 1.165) is 22.7 Å². The lowest BCUT2D eigenvalue weighted by molar-refractivity contribution is 0.490. The van der Waals surface area contributed by atoms with Gasteiger partial charge in [-0.05, 0) is 30.8 Å². The van der Waals surface area contributed by atoms with Crippen LogP contribution in [0.25, 0.3) is 0 Å². The van der Waals surface area contributed by atoms with Crippen molar-refractivity contribution in [1.29, 1.82) is 0 Å². The van der Waals surface area contributed by atoms with E-state index in [1.54, 1.807) is 0 Å². The smallest absolute Gasteiger partial charge is 0.168 e. The second-order valence-electron chi connectivity index (χ2n) is 3.28. The third kappa shape index (κ3) is 3.80. The molecule has 82 valence electrons. The second kappa shape index (κ2) is 6.08. The molecule has 0 atom stereocenters. The van der Waals surface area contributed by atoms with E-state index < -0.39 is 0 Å². The molecular weight excluding hydrogens is 272 g/mol. The predicted octanol–water partition coefficient (Wildman–Crippen LogP) is 2.78. The summed E-state index contributed by atoms with van der Waals surface area (Å²) in [5, 5.41) is 3.91. The number of hydrogen-bond acceptors (Lipinski definition) is 1. The van der Waals surface area contributed by atoms with Crippen LogP contribution in [0.2, 0.25) is 0 Å². The lowest BCUT2D eigenvalue weighted by Gasteiger charge is -2.21. The van der Waals surface area contributed by atoms with Gasteiger partial charge in [-0.1, -0.05) is 34.1 Å². The van der Waals surface area contributed by atoms with Crippen LogP contribution in [-0.4, -0.2) is 23.6 Å². The van der Waals surface area contributed by atoms with Crippen molar-refractivity contribution in [3.8, 4) is 0 Å². The molecule has 0 fully saturated rings. The summed E-state index contributed by atoms with van der Waals surface area (Å²) < 4.78 is 1.12. The van der Waals surface area contributed by atoms with E-state index >= 15 is 0 Å². The quantitative estimate of drug-likeness (QED) is 0.861. The van der Waals surface area contributed by atoms with Gasteiger partial charge in [0, 0.05) is 24.6 Å². The average molecular weight is 287 g/mol. The summed E-state index contributed by atoms with van der Waals surface area (Å²) in [5.41, 5.74) is 1.24. The molecule has 0 saturated heterocycles. The number of nitrogens with zero attached hydrogens (tertiary/aromatic N) is 1. The van der Waals surface area contributed by atoms with Crippen LogP contribution in [0, 0.1) is 0 Å². The Kier molecular flexibility index (Phi) is 5.05. The van der Waals surface area contributed by atoms with Crippen LogP contribution in [-0.2, 0) is 6.54 Å². The number of benzene rings is 1. The third-order valence-corrected chi connectivity index (χ3v) is 3.27. The van der Waals surface area contributed by atoms with Crippen LogP contribution in [0.5, 0.6) is 0 Å². The maximum atomic E-state index is 5.22. The Bertz CT molecular complexity index is 341. The second-order valence-corrected chi connectivity index (χ2v) is 4.52. The van der Waals surface area contributed by atoms with Crippen LogP contribution in [0.15, 0.2) is 28.7 Å². The highest BCUT2D eigenvalue weighted by Crippen LogP contribution is 2.17. The molecule has 15 heavy (non-hydrogen) atoms. The fourth-order valence-corrected chi connectivity index (χ4v) is 1.86. The van der Waals surface area contributed by atoms with Gasteiger partial charge in [-0.15, -0.1) is 0 Å². The molecule has 0 heterocycles. The van der Waals surface area contributed by atoms with Crippen molar-refractivity contribution < 1.29 is 0 Å². The summed E-state index contributed by atoms with van der Waals surface area (Å²) in [4.78, 5) is 2.03. The van der Waals surface area contributed by atoms with E-state index in [0.29, 0.717) is 0 Å². The van der Waals surface area contributed by atoms with E-state index in [2.05, 4.69) is 27.3 Å². The normalized spacial score (nSPS) is 9.80. The summed E-state index contributed by atoms with van der Waals surface area (Å²) in [7, 11) is 1.99. The van der Waals surface area contributed by atoms with Crippen LogP contribution < -0.4 is 5.32 Å². The average Bonchev–Trinajstić information content (AvgIpc) is 2.21. The van der Waals surface area contributed by atoms with Gasteiger partial charge in [-0.2, -0.15) is 0 Å². The minimum atomic E-state index is 0.785. The number of thiocarbonyl (C=S) groups is 1. The molecule has 0 bridgehead atoms. The van der Waals surface area contributed by atoms with Crippen molar-refractivity contribution in [3.05, 3.63) is 34.3 Å². The number of rotatable bonds is 3. The molecule has 4 heteroatoms. The molecule has 0 aromatic heterocycles. The minimum absolute atomic E-state index is 0.785. The van der Waals surface area contributed by atoms with E-state index in [4.69, 9.17) is 12.2 Å².